The first-order valence-corrected chi connectivity index (χ1v) is 12.2. The topological polar surface area (TPSA) is 93.0 Å². The number of piperazine rings is 1. The van der Waals surface area contributed by atoms with Crippen molar-refractivity contribution >= 4 is 22.5 Å². The number of pyridine rings is 1. The maximum atomic E-state index is 9.47. The molecule has 8 nitrogen and oxygen atoms in total. The number of benzene rings is 1. The molecule has 2 fully saturated rings. The van der Waals surface area contributed by atoms with E-state index >= 15 is 0 Å². The molecule has 34 heavy (non-hydrogen) atoms. The van der Waals surface area contributed by atoms with E-state index in [1.54, 1.807) is 6.20 Å². The van der Waals surface area contributed by atoms with Gasteiger partial charge in [0.15, 0.2) is 0 Å². The normalized spacial score (nSPS) is 23.1. The minimum atomic E-state index is 0.361. The molecule has 4 heterocycles. The summed E-state index contributed by atoms with van der Waals surface area (Å²) >= 11 is 0. The van der Waals surface area contributed by atoms with Crippen LogP contribution in [0.15, 0.2) is 42.9 Å². The molecule has 2 aromatic heterocycles. The van der Waals surface area contributed by atoms with Crippen LogP contribution in [0.2, 0.25) is 0 Å². The van der Waals surface area contributed by atoms with Crippen LogP contribution in [0.25, 0.3) is 10.9 Å². The first-order valence-electron chi connectivity index (χ1n) is 12.2. The number of rotatable bonds is 5. The minimum absolute atomic E-state index is 0.361. The van der Waals surface area contributed by atoms with Gasteiger partial charge in [0.1, 0.15) is 6.07 Å². The maximum Gasteiger partial charge on any atom is 0.225 e. The molecule has 2 aliphatic rings. The summed E-state index contributed by atoms with van der Waals surface area (Å²) in [6.07, 6.45) is 6.78. The molecule has 0 unspecified atom stereocenters. The predicted molar refractivity (Wildman–Crippen MR) is 135 cm³/mol. The van der Waals surface area contributed by atoms with Crippen molar-refractivity contribution in [3.05, 3.63) is 54.0 Å². The number of nitriles is 1. The molecule has 0 radical (unpaired) electrons. The van der Waals surface area contributed by atoms with E-state index in [-0.39, 0.29) is 0 Å². The van der Waals surface area contributed by atoms with Crippen molar-refractivity contribution in [2.24, 2.45) is 5.92 Å². The van der Waals surface area contributed by atoms with Gasteiger partial charge in [-0.2, -0.15) is 5.26 Å². The Labute approximate surface area is 201 Å². The fourth-order valence-electron chi connectivity index (χ4n) is 5.20. The zero-order chi connectivity index (χ0) is 23.5. The monoisotopic (exact) mass is 456 g/mol. The number of nitrogens with zero attached hydrogens (tertiary/aromatic N) is 6. The molecule has 2 saturated heterocycles. The molecule has 5 rings (SSSR count). The van der Waals surface area contributed by atoms with E-state index in [2.05, 4.69) is 67.4 Å². The minimum Gasteiger partial charge on any atom is -0.369 e. The lowest BCUT2D eigenvalue weighted by Crippen LogP contribution is -2.49. The standard InChI is InChI=1S/C26H32N8/c1-18-10-22(30-12-20-13-31-26(32-14-20)33-9-8-28-19(2)16-33)17-34(15-18)24-6-5-21(11-27)25-23(24)4-3-7-29-25/h3-7,13-14,18-19,22,28,30H,8-10,12,15-17H2,1-2H3/t18-,19+,22+/m0/s1. The summed E-state index contributed by atoms with van der Waals surface area (Å²) in [5.41, 5.74) is 3.65. The Morgan fingerprint density at radius 3 is 2.74 bits per heavy atom. The van der Waals surface area contributed by atoms with Crippen LogP contribution in [0.5, 0.6) is 0 Å². The van der Waals surface area contributed by atoms with Gasteiger partial charge >= 0.3 is 0 Å². The number of nitrogens with one attached hydrogen (secondary N) is 2. The Hall–Kier alpha value is -3.28. The van der Waals surface area contributed by atoms with Gasteiger partial charge in [0.2, 0.25) is 5.95 Å². The average Bonchev–Trinajstić information content (AvgIpc) is 2.87. The van der Waals surface area contributed by atoms with Gasteiger partial charge in [-0.05, 0) is 43.5 Å². The van der Waals surface area contributed by atoms with Gasteiger partial charge in [0.25, 0.3) is 0 Å². The van der Waals surface area contributed by atoms with Crippen molar-refractivity contribution in [1.82, 2.24) is 25.6 Å². The predicted octanol–water partition coefficient (Wildman–Crippen LogP) is 2.70. The van der Waals surface area contributed by atoms with E-state index in [1.807, 2.05) is 24.5 Å². The quantitative estimate of drug-likeness (QED) is 0.605. The lowest BCUT2D eigenvalue weighted by molar-refractivity contribution is 0.350. The van der Waals surface area contributed by atoms with Crippen molar-refractivity contribution in [3.63, 3.8) is 0 Å². The van der Waals surface area contributed by atoms with Gasteiger partial charge in [-0.15, -0.1) is 0 Å². The maximum absolute atomic E-state index is 9.47. The van der Waals surface area contributed by atoms with Crippen LogP contribution in [0.3, 0.4) is 0 Å². The molecule has 0 spiro atoms. The summed E-state index contributed by atoms with van der Waals surface area (Å²) in [6.45, 7) is 10.00. The van der Waals surface area contributed by atoms with E-state index in [9.17, 15) is 5.26 Å². The molecule has 0 aliphatic carbocycles. The Balaban J connectivity index is 1.25. The third kappa shape index (κ3) is 4.81. The summed E-state index contributed by atoms with van der Waals surface area (Å²) in [4.78, 5) is 18.4. The Morgan fingerprint density at radius 1 is 1.09 bits per heavy atom. The fraction of sp³-hybridized carbons (Fsp3) is 0.462. The van der Waals surface area contributed by atoms with Crippen molar-refractivity contribution in [1.29, 1.82) is 5.26 Å². The lowest BCUT2D eigenvalue weighted by Gasteiger charge is -2.39. The summed E-state index contributed by atoms with van der Waals surface area (Å²) in [5.74, 6) is 1.37. The van der Waals surface area contributed by atoms with Gasteiger partial charge in [0.05, 0.1) is 11.1 Å². The van der Waals surface area contributed by atoms with Crippen molar-refractivity contribution in [3.8, 4) is 6.07 Å². The number of piperidine rings is 1. The fourth-order valence-corrected chi connectivity index (χ4v) is 5.20. The molecule has 0 amide bonds. The number of fused-ring (bicyclic) bond motifs is 1. The van der Waals surface area contributed by atoms with Crippen LogP contribution >= 0.6 is 0 Å². The zero-order valence-electron chi connectivity index (χ0n) is 19.9. The van der Waals surface area contributed by atoms with E-state index in [0.717, 1.165) is 73.8 Å². The van der Waals surface area contributed by atoms with Crippen LogP contribution in [0, 0.1) is 17.2 Å². The van der Waals surface area contributed by atoms with Gasteiger partial charge in [0, 0.05) is 86.6 Å². The van der Waals surface area contributed by atoms with Crippen LogP contribution in [-0.4, -0.2) is 59.8 Å². The summed E-state index contributed by atoms with van der Waals surface area (Å²) in [5, 5.41) is 17.7. The largest absolute Gasteiger partial charge is 0.369 e. The molecule has 8 heteroatoms. The number of anilines is 2. The highest BCUT2D eigenvalue weighted by Crippen LogP contribution is 2.31. The third-order valence-corrected chi connectivity index (χ3v) is 6.81. The molecular formula is C26H32N8. The van der Waals surface area contributed by atoms with E-state index in [0.29, 0.717) is 23.6 Å². The molecule has 2 N–H and O–H groups in total. The van der Waals surface area contributed by atoms with Crippen LogP contribution < -0.4 is 20.4 Å². The molecule has 2 aliphatic heterocycles. The summed E-state index contributed by atoms with van der Waals surface area (Å²) < 4.78 is 0. The second-order valence-electron chi connectivity index (χ2n) is 9.66. The molecule has 0 saturated carbocycles. The molecule has 176 valence electrons. The highest BCUT2D eigenvalue weighted by atomic mass is 15.3. The first kappa shape index (κ1) is 22.5. The van der Waals surface area contributed by atoms with Gasteiger partial charge in [-0.1, -0.05) is 6.92 Å². The molecule has 1 aromatic carbocycles. The molecule has 3 aromatic rings. The SMILES string of the molecule is C[C@H]1C[C@@H](NCc2cnc(N3CCN[C@H](C)C3)nc2)CN(c2ccc(C#N)c3ncccc23)C1. The summed E-state index contributed by atoms with van der Waals surface area (Å²) in [7, 11) is 0. The van der Waals surface area contributed by atoms with Crippen molar-refractivity contribution < 1.29 is 0 Å². The Morgan fingerprint density at radius 2 is 1.94 bits per heavy atom. The average molecular weight is 457 g/mol. The first-order chi connectivity index (χ1) is 16.6. The van der Waals surface area contributed by atoms with Crippen LogP contribution in [-0.2, 0) is 6.54 Å². The zero-order valence-corrected chi connectivity index (χ0v) is 19.9. The van der Waals surface area contributed by atoms with Crippen molar-refractivity contribution in [2.75, 3.05) is 42.5 Å². The molecular weight excluding hydrogens is 424 g/mol. The van der Waals surface area contributed by atoms with E-state index < -0.39 is 0 Å². The highest BCUT2D eigenvalue weighted by Gasteiger charge is 2.26. The highest BCUT2D eigenvalue weighted by molar-refractivity contribution is 5.95. The van der Waals surface area contributed by atoms with E-state index in [4.69, 9.17) is 0 Å². The summed E-state index contributed by atoms with van der Waals surface area (Å²) in [6, 6.07) is 11.1. The Bertz CT molecular complexity index is 1170. The van der Waals surface area contributed by atoms with Gasteiger partial charge in [-0.25, -0.2) is 9.97 Å². The van der Waals surface area contributed by atoms with Crippen LogP contribution in [0.4, 0.5) is 11.6 Å². The van der Waals surface area contributed by atoms with Gasteiger partial charge < -0.3 is 20.4 Å². The van der Waals surface area contributed by atoms with E-state index in [1.165, 1.54) is 0 Å². The van der Waals surface area contributed by atoms with Crippen LogP contribution in [0.1, 0.15) is 31.4 Å². The van der Waals surface area contributed by atoms with Crippen molar-refractivity contribution in [2.45, 2.75) is 38.9 Å². The smallest absolute Gasteiger partial charge is 0.225 e. The second kappa shape index (κ2) is 9.92. The Kier molecular flexibility index (Phi) is 6.57. The molecule has 0 bridgehead atoms. The number of hydrogen-bond donors (Lipinski definition) is 2. The lowest BCUT2D eigenvalue weighted by atomic mass is 9.94. The van der Waals surface area contributed by atoms with Gasteiger partial charge in [-0.3, -0.25) is 4.98 Å². The number of aromatic nitrogens is 3. The molecule has 3 atom stereocenters. The third-order valence-electron chi connectivity index (χ3n) is 6.81. The number of hydrogen-bond acceptors (Lipinski definition) is 8. The second-order valence-corrected chi connectivity index (χ2v) is 9.66.